The van der Waals surface area contributed by atoms with E-state index in [0.29, 0.717) is 19.1 Å². The molecule has 0 unspecified atom stereocenters. The zero-order valence-corrected chi connectivity index (χ0v) is 11.4. The molecular formula is C13H22N4O2. The summed E-state index contributed by atoms with van der Waals surface area (Å²) in [6.07, 6.45) is 7.03. The number of piperidine rings is 1. The maximum Gasteiger partial charge on any atom is 0.224 e. The van der Waals surface area contributed by atoms with Crippen molar-refractivity contribution in [3.8, 4) is 0 Å². The van der Waals surface area contributed by atoms with Crippen molar-refractivity contribution in [1.29, 1.82) is 0 Å². The van der Waals surface area contributed by atoms with Crippen LogP contribution < -0.4 is 10.6 Å². The Hall–Kier alpha value is -1.40. The first-order valence-electron chi connectivity index (χ1n) is 6.83. The molecule has 1 amide bonds. The number of rotatable bonds is 6. The summed E-state index contributed by atoms with van der Waals surface area (Å²) in [5.74, 6) is 0.0157. The molecule has 0 atom stereocenters. The van der Waals surface area contributed by atoms with Gasteiger partial charge in [-0.2, -0.15) is 5.10 Å². The molecule has 6 heteroatoms. The van der Waals surface area contributed by atoms with E-state index < -0.39 is 0 Å². The zero-order chi connectivity index (χ0) is 13.5. The summed E-state index contributed by atoms with van der Waals surface area (Å²) in [5, 5.41) is 10.5. The second-order valence-corrected chi connectivity index (χ2v) is 4.83. The van der Waals surface area contributed by atoms with E-state index in [4.69, 9.17) is 4.74 Å². The molecule has 1 saturated heterocycles. The highest BCUT2D eigenvalue weighted by atomic mass is 16.5. The lowest BCUT2D eigenvalue weighted by Crippen LogP contribution is -2.29. The van der Waals surface area contributed by atoms with Crippen LogP contribution in [-0.4, -0.2) is 42.5 Å². The minimum atomic E-state index is 0.0157. The number of nitrogens with zero attached hydrogens (tertiary/aromatic N) is 2. The van der Waals surface area contributed by atoms with E-state index in [1.165, 1.54) is 0 Å². The predicted octanol–water partition coefficient (Wildman–Crippen LogP) is 1.17. The summed E-state index contributed by atoms with van der Waals surface area (Å²) in [6.45, 7) is 2.67. The van der Waals surface area contributed by atoms with Gasteiger partial charge in [0.2, 0.25) is 5.91 Å². The molecule has 1 fully saturated rings. The lowest BCUT2D eigenvalue weighted by atomic mass is 10.1. The minimum Gasteiger partial charge on any atom is -0.385 e. The molecular weight excluding hydrogens is 244 g/mol. The standard InChI is InChI=1S/C13H22N4O2/c1-19-8-2-3-13(18)16-11-9-15-17(10-11)12-4-6-14-7-5-12/h9-10,12,14H,2-8H2,1H3,(H,16,18). The Morgan fingerprint density at radius 2 is 2.37 bits per heavy atom. The molecule has 1 aromatic heterocycles. The maximum atomic E-state index is 11.7. The highest BCUT2D eigenvalue weighted by Crippen LogP contribution is 2.19. The second kappa shape index (κ2) is 7.25. The van der Waals surface area contributed by atoms with Gasteiger partial charge in [0.1, 0.15) is 0 Å². The van der Waals surface area contributed by atoms with Gasteiger partial charge in [0.25, 0.3) is 0 Å². The number of amides is 1. The van der Waals surface area contributed by atoms with Crippen LogP contribution in [-0.2, 0) is 9.53 Å². The molecule has 0 aromatic carbocycles. The third-order valence-electron chi connectivity index (χ3n) is 3.32. The lowest BCUT2D eigenvalue weighted by molar-refractivity contribution is -0.116. The fourth-order valence-electron chi connectivity index (χ4n) is 2.27. The van der Waals surface area contributed by atoms with Crippen LogP contribution in [0.2, 0.25) is 0 Å². The lowest BCUT2D eigenvalue weighted by Gasteiger charge is -2.22. The van der Waals surface area contributed by atoms with Crippen molar-refractivity contribution >= 4 is 11.6 Å². The smallest absolute Gasteiger partial charge is 0.224 e. The number of ether oxygens (including phenoxy) is 1. The fraction of sp³-hybridized carbons (Fsp3) is 0.692. The Balaban J connectivity index is 1.81. The topological polar surface area (TPSA) is 68.2 Å². The number of anilines is 1. The average Bonchev–Trinajstić information content (AvgIpc) is 2.88. The van der Waals surface area contributed by atoms with Crippen LogP contribution >= 0.6 is 0 Å². The van der Waals surface area contributed by atoms with Gasteiger partial charge in [-0.25, -0.2) is 0 Å². The van der Waals surface area contributed by atoms with E-state index in [1.54, 1.807) is 13.3 Å². The van der Waals surface area contributed by atoms with Gasteiger partial charge < -0.3 is 15.4 Å². The largest absolute Gasteiger partial charge is 0.385 e. The summed E-state index contributed by atoms with van der Waals surface area (Å²) in [7, 11) is 1.64. The molecule has 106 valence electrons. The first kappa shape index (κ1) is 14.0. The van der Waals surface area contributed by atoms with Gasteiger partial charge in [0.15, 0.2) is 0 Å². The van der Waals surface area contributed by atoms with E-state index >= 15 is 0 Å². The van der Waals surface area contributed by atoms with E-state index in [-0.39, 0.29) is 5.91 Å². The van der Waals surface area contributed by atoms with Crippen molar-refractivity contribution in [2.75, 3.05) is 32.1 Å². The molecule has 0 saturated carbocycles. The summed E-state index contributed by atoms with van der Waals surface area (Å²) in [5.41, 5.74) is 0.779. The number of aromatic nitrogens is 2. The molecule has 1 aliphatic rings. The van der Waals surface area contributed by atoms with Crippen molar-refractivity contribution in [3.63, 3.8) is 0 Å². The van der Waals surface area contributed by atoms with Gasteiger partial charge in [0.05, 0.1) is 17.9 Å². The summed E-state index contributed by atoms with van der Waals surface area (Å²) in [6, 6.07) is 0.445. The van der Waals surface area contributed by atoms with E-state index in [9.17, 15) is 4.79 Å². The molecule has 0 spiro atoms. The van der Waals surface area contributed by atoms with Crippen LogP contribution in [0.1, 0.15) is 31.7 Å². The Bertz CT molecular complexity index is 399. The number of carbonyl (C=O) groups is 1. The summed E-state index contributed by atoms with van der Waals surface area (Å²) < 4.78 is 6.89. The van der Waals surface area contributed by atoms with Crippen molar-refractivity contribution < 1.29 is 9.53 Å². The highest BCUT2D eigenvalue weighted by molar-refractivity contribution is 5.90. The first-order valence-corrected chi connectivity index (χ1v) is 6.83. The van der Waals surface area contributed by atoms with Crippen LogP contribution in [0.25, 0.3) is 0 Å². The van der Waals surface area contributed by atoms with Gasteiger partial charge in [0, 0.05) is 26.3 Å². The minimum absolute atomic E-state index is 0.0157. The highest BCUT2D eigenvalue weighted by Gasteiger charge is 2.16. The van der Waals surface area contributed by atoms with Crippen molar-refractivity contribution in [2.45, 2.75) is 31.7 Å². The molecule has 2 N–H and O–H groups in total. The molecule has 1 aliphatic heterocycles. The number of hydrogen-bond donors (Lipinski definition) is 2. The SMILES string of the molecule is COCCCC(=O)Nc1cnn(C2CCNCC2)c1. The summed E-state index contributed by atoms with van der Waals surface area (Å²) in [4.78, 5) is 11.7. The molecule has 0 bridgehead atoms. The molecule has 2 heterocycles. The van der Waals surface area contributed by atoms with E-state index in [1.807, 2.05) is 10.9 Å². The monoisotopic (exact) mass is 266 g/mol. The number of methoxy groups -OCH3 is 1. The van der Waals surface area contributed by atoms with Crippen LogP contribution in [0.4, 0.5) is 5.69 Å². The Morgan fingerprint density at radius 1 is 1.58 bits per heavy atom. The van der Waals surface area contributed by atoms with Crippen molar-refractivity contribution in [2.24, 2.45) is 0 Å². The number of carbonyl (C=O) groups excluding carboxylic acids is 1. The molecule has 19 heavy (non-hydrogen) atoms. The quantitative estimate of drug-likeness (QED) is 0.759. The molecule has 2 rings (SSSR count). The molecule has 6 nitrogen and oxygen atoms in total. The van der Waals surface area contributed by atoms with Crippen LogP contribution in [0.3, 0.4) is 0 Å². The molecule has 0 aliphatic carbocycles. The second-order valence-electron chi connectivity index (χ2n) is 4.83. The third-order valence-corrected chi connectivity index (χ3v) is 3.32. The fourth-order valence-corrected chi connectivity index (χ4v) is 2.27. The molecule has 0 radical (unpaired) electrons. The maximum absolute atomic E-state index is 11.7. The van der Waals surface area contributed by atoms with Gasteiger partial charge in [-0.3, -0.25) is 9.48 Å². The van der Waals surface area contributed by atoms with E-state index in [0.717, 1.165) is 38.0 Å². The molecule has 1 aromatic rings. The number of nitrogens with one attached hydrogen (secondary N) is 2. The average molecular weight is 266 g/mol. The van der Waals surface area contributed by atoms with Gasteiger partial charge >= 0.3 is 0 Å². The zero-order valence-electron chi connectivity index (χ0n) is 11.4. The normalized spacial score (nSPS) is 16.5. The van der Waals surface area contributed by atoms with Crippen LogP contribution in [0.15, 0.2) is 12.4 Å². The third kappa shape index (κ3) is 4.33. The Kier molecular flexibility index (Phi) is 5.35. The van der Waals surface area contributed by atoms with Crippen LogP contribution in [0.5, 0.6) is 0 Å². The Morgan fingerprint density at radius 3 is 3.11 bits per heavy atom. The van der Waals surface area contributed by atoms with E-state index in [2.05, 4.69) is 15.7 Å². The van der Waals surface area contributed by atoms with Gasteiger partial charge in [-0.15, -0.1) is 0 Å². The van der Waals surface area contributed by atoms with Gasteiger partial charge in [-0.1, -0.05) is 0 Å². The summed E-state index contributed by atoms with van der Waals surface area (Å²) >= 11 is 0. The Labute approximate surface area is 113 Å². The predicted molar refractivity (Wildman–Crippen MR) is 73.1 cm³/mol. The van der Waals surface area contributed by atoms with Crippen LogP contribution in [0, 0.1) is 0 Å². The first-order chi connectivity index (χ1) is 9.29. The van der Waals surface area contributed by atoms with Gasteiger partial charge in [-0.05, 0) is 32.4 Å². The number of hydrogen-bond acceptors (Lipinski definition) is 4. The van der Waals surface area contributed by atoms with Crippen molar-refractivity contribution in [3.05, 3.63) is 12.4 Å². The van der Waals surface area contributed by atoms with Crippen molar-refractivity contribution in [1.82, 2.24) is 15.1 Å².